The molecule has 1 aromatic rings. The summed E-state index contributed by atoms with van der Waals surface area (Å²) >= 11 is 1.77. The highest BCUT2D eigenvalue weighted by Crippen LogP contribution is 2.25. The van der Waals surface area contributed by atoms with Gasteiger partial charge in [-0.25, -0.2) is 0 Å². The third-order valence-corrected chi connectivity index (χ3v) is 4.13. The van der Waals surface area contributed by atoms with Crippen molar-refractivity contribution in [3.63, 3.8) is 0 Å². The van der Waals surface area contributed by atoms with Crippen LogP contribution in [0.1, 0.15) is 18.2 Å². The van der Waals surface area contributed by atoms with Crippen molar-refractivity contribution in [1.29, 1.82) is 0 Å². The summed E-state index contributed by atoms with van der Waals surface area (Å²) in [5, 5.41) is 5.66. The quantitative estimate of drug-likeness (QED) is 0.814. The Kier molecular flexibility index (Phi) is 3.41. The minimum Gasteiger partial charge on any atom is -0.376 e. The van der Waals surface area contributed by atoms with Crippen LogP contribution in [-0.2, 0) is 11.3 Å². The number of rotatable bonds is 4. The second-order valence-corrected chi connectivity index (χ2v) is 5.09. The minimum absolute atomic E-state index is 0.0238. The molecule has 15 heavy (non-hydrogen) atoms. The molecule has 1 aromatic heterocycles. The minimum atomic E-state index is -0.0238. The fourth-order valence-electron chi connectivity index (χ4n) is 2.03. The Labute approximate surface area is 94.6 Å². The highest BCUT2D eigenvalue weighted by molar-refractivity contribution is 7.09. The SMILES string of the molecule is CC1OCCC1(CN)NCc1cccs1. The van der Waals surface area contributed by atoms with Crippen molar-refractivity contribution in [2.75, 3.05) is 13.2 Å². The van der Waals surface area contributed by atoms with Gasteiger partial charge in [-0.1, -0.05) is 6.07 Å². The molecular weight excluding hydrogens is 208 g/mol. The van der Waals surface area contributed by atoms with E-state index in [0.29, 0.717) is 6.54 Å². The van der Waals surface area contributed by atoms with E-state index in [1.165, 1.54) is 4.88 Å². The zero-order valence-electron chi connectivity index (χ0n) is 9.03. The normalized spacial score (nSPS) is 30.9. The first-order chi connectivity index (χ1) is 7.27. The van der Waals surface area contributed by atoms with E-state index in [1.807, 2.05) is 0 Å². The van der Waals surface area contributed by atoms with Crippen molar-refractivity contribution < 1.29 is 4.74 Å². The maximum Gasteiger partial charge on any atom is 0.0741 e. The average molecular weight is 226 g/mol. The largest absolute Gasteiger partial charge is 0.376 e. The molecule has 1 fully saturated rings. The predicted octanol–water partition coefficient (Wildman–Crippen LogP) is 1.34. The molecule has 2 atom stereocenters. The van der Waals surface area contributed by atoms with Crippen molar-refractivity contribution in [1.82, 2.24) is 5.32 Å². The lowest BCUT2D eigenvalue weighted by atomic mass is 9.92. The van der Waals surface area contributed by atoms with E-state index in [1.54, 1.807) is 11.3 Å². The third-order valence-electron chi connectivity index (χ3n) is 3.25. The molecule has 3 nitrogen and oxygen atoms in total. The Morgan fingerprint density at radius 3 is 3.13 bits per heavy atom. The molecule has 2 unspecified atom stereocenters. The Balaban J connectivity index is 1.96. The van der Waals surface area contributed by atoms with Gasteiger partial charge in [0, 0.05) is 24.6 Å². The molecule has 0 spiro atoms. The Bertz CT molecular complexity index is 302. The van der Waals surface area contributed by atoms with E-state index in [0.717, 1.165) is 19.6 Å². The first-order valence-corrected chi connectivity index (χ1v) is 6.24. The Morgan fingerprint density at radius 2 is 2.60 bits per heavy atom. The van der Waals surface area contributed by atoms with E-state index in [4.69, 9.17) is 10.5 Å². The standard InChI is InChI=1S/C11H18N2OS/c1-9-11(8-12,4-5-14-9)13-7-10-3-2-6-15-10/h2-3,6,9,13H,4-5,7-8,12H2,1H3. The molecule has 0 aliphatic carbocycles. The molecule has 2 rings (SSSR count). The summed E-state index contributed by atoms with van der Waals surface area (Å²) in [6, 6.07) is 4.22. The number of hydrogen-bond acceptors (Lipinski definition) is 4. The van der Waals surface area contributed by atoms with Crippen LogP contribution in [0.3, 0.4) is 0 Å². The number of hydrogen-bond donors (Lipinski definition) is 2. The zero-order valence-corrected chi connectivity index (χ0v) is 9.85. The average Bonchev–Trinajstić information content (AvgIpc) is 2.85. The van der Waals surface area contributed by atoms with Gasteiger partial charge in [-0.05, 0) is 24.8 Å². The fourth-order valence-corrected chi connectivity index (χ4v) is 2.67. The molecule has 0 amide bonds. The maximum absolute atomic E-state index is 5.86. The monoisotopic (exact) mass is 226 g/mol. The molecule has 4 heteroatoms. The van der Waals surface area contributed by atoms with Crippen LogP contribution >= 0.6 is 11.3 Å². The predicted molar refractivity (Wildman–Crippen MR) is 63.0 cm³/mol. The molecule has 1 aliphatic rings. The highest BCUT2D eigenvalue weighted by Gasteiger charge is 2.39. The first-order valence-electron chi connectivity index (χ1n) is 5.36. The lowest BCUT2D eigenvalue weighted by Gasteiger charge is -2.31. The topological polar surface area (TPSA) is 47.3 Å². The van der Waals surface area contributed by atoms with Gasteiger partial charge in [0.1, 0.15) is 0 Å². The van der Waals surface area contributed by atoms with Crippen LogP contribution in [0.2, 0.25) is 0 Å². The fraction of sp³-hybridized carbons (Fsp3) is 0.636. The molecule has 3 N–H and O–H groups in total. The summed E-state index contributed by atoms with van der Waals surface area (Å²) in [6.07, 6.45) is 1.22. The second kappa shape index (κ2) is 4.61. The van der Waals surface area contributed by atoms with E-state index < -0.39 is 0 Å². The number of nitrogens with one attached hydrogen (secondary N) is 1. The maximum atomic E-state index is 5.86. The summed E-state index contributed by atoms with van der Waals surface area (Å²) in [4.78, 5) is 1.35. The lowest BCUT2D eigenvalue weighted by Crippen LogP contribution is -2.55. The molecular formula is C11H18N2OS. The molecule has 2 heterocycles. The van der Waals surface area contributed by atoms with Crippen LogP contribution in [0, 0.1) is 0 Å². The van der Waals surface area contributed by atoms with Crippen molar-refractivity contribution >= 4 is 11.3 Å². The molecule has 0 aromatic carbocycles. The van der Waals surface area contributed by atoms with Crippen LogP contribution in [0.5, 0.6) is 0 Å². The summed E-state index contributed by atoms with van der Waals surface area (Å²) in [5.74, 6) is 0. The van der Waals surface area contributed by atoms with Crippen LogP contribution in [0.25, 0.3) is 0 Å². The molecule has 1 saturated heterocycles. The Morgan fingerprint density at radius 1 is 1.73 bits per heavy atom. The van der Waals surface area contributed by atoms with Gasteiger partial charge in [0.05, 0.1) is 11.6 Å². The summed E-state index contributed by atoms with van der Waals surface area (Å²) in [7, 11) is 0. The van der Waals surface area contributed by atoms with Crippen molar-refractivity contribution in [3.8, 4) is 0 Å². The van der Waals surface area contributed by atoms with Gasteiger partial charge < -0.3 is 15.8 Å². The van der Waals surface area contributed by atoms with Gasteiger partial charge in [-0.3, -0.25) is 0 Å². The summed E-state index contributed by atoms with van der Waals surface area (Å²) < 4.78 is 5.59. The van der Waals surface area contributed by atoms with Crippen LogP contribution in [0.4, 0.5) is 0 Å². The summed E-state index contributed by atoms with van der Waals surface area (Å²) in [6.45, 7) is 4.44. The van der Waals surface area contributed by atoms with E-state index in [9.17, 15) is 0 Å². The lowest BCUT2D eigenvalue weighted by molar-refractivity contribution is 0.0848. The molecule has 0 radical (unpaired) electrons. The molecule has 0 bridgehead atoms. The number of ether oxygens (including phenoxy) is 1. The van der Waals surface area contributed by atoms with E-state index >= 15 is 0 Å². The van der Waals surface area contributed by atoms with Crippen molar-refractivity contribution in [2.45, 2.75) is 31.5 Å². The van der Waals surface area contributed by atoms with Gasteiger partial charge >= 0.3 is 0 Å². The Hall–Kier alpha value is -0.420. The second-order valence-electron chi connectivity index (χ2n) is 4.06. The van der Waals surface area contributed by atoms with Crippen LogP contribution in [0.15, 0.2) is 17.5 Å². The highest BCUT2D eigenvalue weighted by atomic mass is 32.1. The number of thiophene rings is 1. The van der Waals surface area contributed by atoms with Crippen LogP contribution in [-0.4, -0.2) is 24.8 Å². The summed E-state index contributed by atoms with van der Waals surface area (Å²) in [5.41, 5.74) is 5.84. The van der Waals surface area contributed by atoms with Crippen molar-refractivity contribution in [3.05, 3.63) is 22.4 Å². The van der Waals surface area contributed by atoms with E-state index in [-0.39, 0.29) is 11.6 Å². The molecule has 1 aliphatic heterocycles. The zero-order chi connectivity index (χ0) is 10.7. The molecule has 84 valence electrons. The van der Waals surface area contributed by atoms with Crippen LogP contribution < -0.4 is 11.1 Å². The van der Waals surface area contributed by atoms with Gasteiger partial charge in [0.2, 0.25) is 0 Å². The van der Waals surface area contributed by atoms with Gasteiger partial charge in [-0.15, -0.1) is 11.3 Å². The number of nitrogens with two attached hydrogens (primary N) is 1. The van der Waals surface area contributed by atoms with E-state index in [2.05, 4.69) is 29.8 Å². The molecule has 0 saturated carbocycles. The van der Waals surface area contributed by atoms with Crippen molar-refractivity contribution in [2.24, 2.45) is 5.73 Å². The van der Waals surface area contributed by atoms with Gasteiger partial charge in [-0.2, -0.15) is 0 Å². The smallest absolute Gasteiger partial charge is 0.0741 e. The van der Waals surface area contributed by atoms with Gasteiger partial charge in [0.15, 0.2) is 0 Å². The first kappa shape index (κ1) is 11.1. The third kappa shape index (κ3) is 2.23. The van der Waals surface area contributed by atoms with Gasteiger partial charge in [0.25, 0.3) is 0 Å².